The van der Waals surface area contributed by atoms with Crippen LogP contribution in [0.5, 0.6) is 0 Å². The van der Waals surface area contributed by atoms with Gasteiger partial charge in [0.1, 0.15) is 0 Å². The van der Waals surface area contributed by atoms with Crippen molar-refractivity contribution in [1.29, 1.82) is 0 Å². The van der Waals surface area contributed by atoms with E-state index in [-0.39, 0.29) is 17.9 Å². The third-order valence-electron chi connectivity index (χ3n) is 2.91. The van der Waals surface area contributed by atoms with Crippen molar-refractivity contribution in [3.63, 3.8) is 0 Å². The van der Waals surface area contributed by atoms with Crippen LogP contribution in [0, 0.1) is 0 Å². The first-order valence-corrected chi connectivity index (χ1v) is 7.57. The first kappa shape index (κ1) is 15.2. The standard InChI is InChI=1S/C12H22N4OS/c1-5-9-10(6-2)15-16-12(14-9)13-8(3)11(7-17)18-4/h8,11,17H,5-7H2,1-4H3,(H,13,14,16). The van der Waals surface area contributed by atoms with Crippen LogP contribution in [0.25, 0.3) is 0 Å². The molecule has 0 amide bonds. The monoisotopic (exact) mass is 270 g/mol. The Morgan fingerprint density at radius 1 is 1.22 bits per heavy atom. The third kappa shape index (κ3) is 3.81. The Bertz CT molecular complexity index is 371. The van der Waals surface area contributed by atoms with Crippen LogP contribution < -0.4 is 5.32 Å². The lowest BCUT2D eigenvalue weighted by atomic mass is 10.2. The summed E-state index contributed by atoms with van der Waals surface area (Å²) in [5, 5.41) is 20.8. The molecule has 1 heterocycles. The molecule has 18 heavy (non-hydrogen) atoms. The summed E-state index contributed by atoms with van der Waals surface area (Å²) in [7, 11) is 0. The Balaban J connectivity index is 2.78. The molecule has 0 aromatic carbocycles. The van der Waals surface area contributed by atoms with E-state index in [1.54, 1.807) is 11.8 Å². The van der Waals surface area contributed by atoms with Crippen molar-refractivity contribution < 1.29 is 5.11 Å². The lowest BCUT2D eigenvalue weighted by molar-refractivity contribution is 0.288. The molecule has 102 valence electrons. The number of rotatable bonds is 7. The smallest absolute Gasteiger partial charge is 0.243 e. The minimum atomic E-state index is 0.101. The van der Waals surface area contributed by atoms with Gasteiger partial charge in [0.25, 0.3) is 0 Å². The van der Waals surface area contributed by atoms with Gasteiger partial charge in [0.2, 0.25) is 5.95 Å². The highest BCUT2D eigenvalue weighted by atomic mass is 32.2. The SMILES string of the molecule is CCc1nnc(NC(C)C(CO)SC)nc1CC. The topological polar surface area (TPSA) is 70.9 Å². The molecule has 1 aromatic heterocycles. The molecule has 0 radical (unpaired) electrons. The fourth-order valence-corrected chi connectivity index (χ4v) is 2.36. The Labute approximate surface area is 113 Å². The van der Waals surface area contributed by atoms with Crippen LogP contribution in [0.1, 0.15) is 32.2 Å². The average Bonchev–Trinajstić information content (AvgIpc) is 2.40. The van der Waals surface area contributed by atoms with Gasteiger partial charge in [-0.15, -0.1) is 5.10 Å². The molecule has 0 aliphatic carbocycles. The molecule has 2 unspecified atom stereocenters. The largest absolute Gasteiger partial charge is 0.395 e. The summed E-state index contributed by atoms with van der Waals surface area (Å²) in [6, 6.07) is 0.101. The van der Waals surface area contributed by atoms with Gasteiger partial charge < -0.3 is 10.4 Å². The van der Waals surface area contributed by atoms with Gasteiger partial charge in [0, 0.05) is 11.3 Å². The second-order valence-electron chi connectivity index (χ2n) is 4.13. The van der Waals surface area contributed by atoms with E-state index in [4.69, 9.17) is 0 Å². The summed E-state index contributed by atoms with van der Waals surface area (Å²) in [6.45, 7) is 6.27. The minimum Gasteiger partial charge on any atom is -0.395 e. The number of aromatic nitrogens is 3. The lowest BCUT2D eigenvalue weighted by Gasteiger charge is -2.21. The van der Waals surface area contributed by atoms with E-state index < -0.39 is 0 Å². The third-order valence-corrected chi connectivity index (χ3v) is 4.07. The molecular formula is C12H22N4OS. The van der Waals surface area contributed by atoms with E-state index >= 15 is 0 Å². The average molecular weight is 270 g/mol. The number of thioether (sulfide) groups is 1. The first-order valence-electron chi connectivity index (χ1n) is 6.28. The lowest BCUT2D eigenvalue weighted by Crippen LogP contribution is -2.32. The second-order valence-corrected chi connectivity index (χ2v) is 5.20. The molecule has 0 spiro atoms. The zero-order valence-electron chi connectivity index (χ0n) is 11.5. The van der Waals surface area contributed by atoms with Crippen LogP contribution in [0.4, 0.5) is 5.95 Å². The molecule has 1 rings (SSSR count). The Kier molecular flexibility index (Phi) is 6.35. The molecule has 0 saturated heterocycles. The maximum Gasteiger partial charge on any atom is 0.243 e. The first-order chi connectivity index (χ1) is 8.65. The van der Waals surface area contributed by atoms with Crippen LogP contribution in [0.3, 0.4) is 0 Å². The van der Waals surface area contributed by atoms with Crippen LogP contribution in [-0.2, 0) is 12.8 Å². The fraction of sp³-hybridized carbons (Fsp3) is 0.750. The fourth-order valence-electron chi connectivity index (χ4n) is 1.73. The number of hydrogen-bond donors (Lipinski definition) is 2. The summed E-state index contributed by atoms with van der Waals surface area (Å²) in [4.78, 5) is 4.48. The van der Waals surface area contributed by atoms with Crippen molar-refractivity contribution >= 4 is 17.7 Å². The summed E-state index contributed by atoms with van der Waals surface area (Å²) in [5.41, 5.74) is 1.95. The number of hydrogen-bond acceptors (Lipinski definition) is 6. The minimum absolute atomic E-state index is 0.101. The van der Waals surface area contributed by atoms with Gasteiger partial charge in [0.15, 0.2) is 0 Å². The van der Waals surface area contributed by atoms with Crippen molar-refractivity contribution in [2.24, 2.45) is 0 Å². The Hall–Kier alpha value is -0.880. The van der Waals surface area contributed by atoms with Crippen molar-refractivity contribution in [2.45, 2.75) is 44.9 Å². The van der Waals surface area contributed by atoms with E-state index in [1.165, 1.54) is 0 Å². The highest BCUT2D eigenvalue weighted by Gasteiger charge is 2.16. The van der Waals surface area contributed by atoms with Gasteiger partial charge in [0.05, 0.1) is 18.0 Å². The number of aryl methyl sites for hydroxylation is 2. The van der Waals surface area contributed by atoms with Crippen molar-refractivity contribution in [3.8, 4) is 0 Å². The quantitative estimate of drug-likeness (QED) is 0.783. The molecule has 0 bridgehead atoms. The van der Waals surface area contributed by atoms with Crippen LogP contribution in [-0.4, -0.2) is 44.4 Å². The number of anilines is 1. The molecule has 0 aliphatic rings. The predicted octanol–water partition coefficient (Wildman–Crippen LogP) is 1.52. The normalized spacial score (nSPS) is 14.3. The summed E-state index contributed by atoms with van der Waals surface area (Å²) in [6.07, 6.45) is 3.69. The molecule has 0 fully saturated rings. The maximum atomic E-state index is 9.24. The van der Waals surface area contributed by atoms with Gasteiger partial charge in [-0.1, -0.05) is 13.8 Å². The number of nitrogens with one attached hydrogen (secondary N) is 1. The molecular weight excluding hydrogens is 248 g/mol. The van der Waals surface area contributed by atoms with E-state index in [9.17, 15) is 5.11 Å². The summed E-state index contributed by atoms with van der Waals surface area (Å²) < 4.78 is 0. The van der Waals surface area contributed by atoms with Gasteiger partial charge in [-0.05, 0) is 26.0 Å². The molecule has 1 aromatic rings. The van der Waals surface area contributed by atoms with Gasteiger partial charge in [-0.25, -0.2) is 4.98 Å². The Morgan fingerprint density at radius 3 is 2.39 bits per heavy atom. The number of nitrogens with zero attached hydrogens (tertiary/aromatic N) is 3. The van der Waals surface area contributed by atoms with Crippen molar-refractivity contribution in [1.82, 2.24) is 15.2 Å². The van der Waals surface area contributed by atoms with Crippen LogP contribution in [0.2, 0.25) is 0 Å². The molecule has 2 N–H and O–H groups in total. The maximum absolute atomic E-state index is 9.24. The van der Waals surface area contributed by atoms with E-state index in [1.807, 2.05) is 13.2 Å². The molecule has 0 aliphatic heterocycles. The number of aliphatic hydroxyl groups is 1. The molecule has 5 nitrogen and oxygen atoms in total. The Morgan fingerprint density at radius 2 is 1.89 bits per heavy atom. The zero-order valence-corrected chi connectivity index (χ0v) is 12.3. The second kappa shape index (κ2) is 7.53. The van der Waals surface area contributed by atoms with Crippen LogP contribution in [0.15, 0.2) is 0 Å². The van der Waals surface area contributed by atoms with Gasteiger partial charge in [-0.3, -0.25) is 0 Å². The summed E-state index contributed by atoms with van der Waals surface area (Å²) in [5.74, 6) is 0.545. The van der Waals surface area contributed by atoms with Crippen molar-refractivity contribution in [2.75, 3.05) is 18.2 Å². The molecule has 0 saturated carbocycles. The molecule has 2 atom stereocenters. The van der Waals surface area contributed by atoms with Gasteiger partial charge >= 0.3 is 0 Å². The highest BCUT2D eigenvalue weighted by Crippen LogP contribution is 2.14. The van der Waals surface area contributed by atoms with E-state index in [0.717, 1.165) is 24.2 Å². The van der Waals surface area contributed by atoms with Crippen LogP contribution >= 0.6 is 11.8 Å². The highest BCUT2D eigenvalue weighted by molar-refractivity contribution is 7.99. The molecule has 6 heteroatoms. The number of aliphatic hydroxyl groups excluding tert-OH is 1. The van der Waals surface area contributed by atoms with Gasteiger partial charge in [-0.2, -0.15) is 16.9 Å². The van der Waals surface area contributed by atoms with Crippen molar-refractivity contribution in [3.05, 3.63) is 11.4 Å². The van der Waals surface area contributed by atoms with E-state index in [0.29, 0.717) is 5.95 Å². The predicted molar refractivity (Wildman–Crippen MR) is 76.1 cm³/mol. The zero-order chi connectivity index (χ0) is 13.5. The van der Waals surface area contributed by atoms with E-state index in [2.05, 4.69) is 34.3 Å². The summed E-state index contributed by atoms with van der Waals surface area (Å²) >= 11 is 1.63.